The Balaban J connectivity index is 2.26. The van der Waals surface area contributed by atoms with E-state index in [4.69, 9.17) is 4.42 Å². The van der Waals surface area contributed by atoms with Crippen molar-refractivity contribution in [2.45, 2.75) is 19.5 Å². The van der Waals surface area contributed by atoms with Gasteiger partial charge in [-0.05, 0) is 19.1 Å². The third-order valence-corrected chi connectivity index (χ3v) is 2.47. The van der Waals surface area contributed by atoms with Gasteiger partial charge >= 0.3 is 0 Å². The van der Waals surface area contributed by atoms with E-state index in [0.717, 1.165) is 0 Å². The fourth-order valence-corrected chi connectivity index (χ4v) is 1.23. The monoisotopic (exact) mass is 253 g/mol. The molecular formula is C12H19N3O3. The molecule has 6 nitrogen and oxygen atoms in total. The van der Waals surface area contributed by atoms with Crippen LogP contribution in [0.3, 0.4) is 0 Å². The van der Waals surface area contributed by atoms with Gasteiger partial charge in [0.05, 0.1) is 25.4 Å². The number of hydrogen-bond donors (Lipinski definition) is 2. The summed E-state index contributed by atoms with van der Waals surface area (Å²) in [6, 6.07) is 3.12. The molecule has 0 aliphatic carbocycles. The predicted molar refractivity (Wildman–Crippen MR) is 66.7 cm³/mol. The van der Waals surface area contributed by atoms with E-state index in [1.807, 2.05) is 0 Å². The SMILES string of the molecule is CC(NCC(=O)N(C)C)C(=O)NCc1ccco1. The summed E-state index contributed by atoms with van der Waals surface area (Å²) in [4.78, 5) is 24.5. The maximum absolute atomic E-state index is 11.7. The minimum atomic E-state index is -0.427. The fraction of sp³-hybridized carbons (Fsp3) is 0.500. The summed E-state index contributed by atoms with van der Waals surface area (Å²) < 4.78 is 5.10. The fourth-order valence-electron chi connectivity index (χ4n) is 1.23. The van der Waals surface area contributed by atoms with Crippen LogP contribution in [0.4, 0.5) is 0 Å². The van der Waals surface area contributed by atoms with Gasteiger partial charge in [-0.25, -0.2) is 0 Å². The summed E-state index contributed by atoms with van der Waals surface area (Å²) >= 11 is 0. The highest BCUT2D eigenvalue weighted by Gasteiger charge is 2.14. The van der Waals surface area contributed by atoms with Crippen LogP contribution in [0.5, 0.6) is 0 Å². The van der Waals surface area contributed by atoms with Crippen molar-refractivity contribution < 1.29 is 14.0 Å². The molecule has 0 spiro atoms. The molecule has 1 atom stereocenters. The van der Waals surface area contributed by atoms with Crippen LogP contribution in [0.15, 0.2) is 22.8 Å². The maximum Gasteiger partial charge on any atom is 0.237 e. The number of nitrogens with one attached hydrogen (secondary N) is 2. The first-order valence-electron chi connectivity index (χ1n) is 5.74. The summed E-state index contributed by atoms with van der Waals surface area (Å²) in [5.74, 6) is 0.457. The van der Waals surface area contributed by atoms with Crippen LogP contribution in [0.1, 0.15) is 12.7 Å². The van der Waals surface area contributed by atoms with Crippen molar-refractivity contribution in [2.24, 2.45) is 0 Å². The number of likely N-dealkylation sites (N-methyl/N-ethyl adjacent to an activating group) is 1. The van der Waals surface area contributed by atoms with Gasteiger partial charge in [0, 0.05) is 14.1 Å². The van der Waals surface area contributed by atoms with E-state index in [2.05, 4.69) is 10.6 Å². The molecule has 0 aromatic carbocycles. The van der Waals surface area contributed by atoms with E-state index >= 15 is 0 Å². The Labute approximate surface area is 106 Å². The predicted octanol–water partition coefficient (Wildman–Crippen LogP) is -0.0379. The highest BCUT2D eigenvalue weighted by Crippen LogP contribution is 1.98. The average molecular weight is 253 g/mol. The zero-order valence-electron chi connectivity index (χ0n) is 10.9. The second-order valence-corrected chi connectivity index (χ2v) is 4.19. The quantitative estimate of drug-likeness (QED) is 0.746. The van der Waals surface area contributed by atoms with E-state index in [9.17, 15) is 9.59 Å². The standard InChI is InChI=1S/C12H19N3O3/c1-9(13-8-11(16)15(2)3)12(17)14-7-10-5-4-6-18-10/h4-6,9,13H,7-8H2,1-3H3,(H,14,17). The first-order chi connectivity index (χ1) is 8.50. The van der Waals surface area contributed by atoms with Crippen molar-refractivity contribution in [2.75, 3.05) is 20.6 Å². The van der Waals surface area contributed by atoms with E-state index in [-0.39, 0.29) is 18.4 Å². The third kappa shape index (κ3) is 4.58. The van der Waals surface area contributed by atoms with Gasteiger partial charge < -0.3 is 14.6 Å². The summed E-state index contributed by atoms with van der Waals surface area (Å²) in [5, 5.41) is 5.58. The van der Waals surface area contributed by atoms with E-state index < -0.39 is 6.04 Å². The van der Waals surface area contributed by atoms with Crippen molar-refractivity contribution in [3.8, 4) is 0 Å². The first kappa shape index (κ1) is 14.2. The van der Waals surface area contributed by atoms with E-state index in [1.54, 1.807) is 39.4 Å². The number of carbonyl (C=O) groups is 2. The Hall–Kier alpha value is -1.82. The molecule has 6 heteroatoms. The van der Waals surface area contributed by atoms with Gasteiger partial charge in [0.25, 0.3) is 0 Å². The molecule has 100 valence electrons. The van der Waals surface area contributed by atoms with E-state index in [0.29, 0.717) is 12.3 Å². The largest absolute Gasteiger partial charge is 0.467 e. The molecule has 0 fully saturated rings. The Bertz CT molecular complexity index is 387. The highest BCUT2D eigenvalue weighted by molar-refractivity contribution is 5.83. The number of amides is 2. The van der Waals surface area contributed by atoms with Crippen molar-refractivity contribution >= 4 is 11.8 Å². The number of nitrogens with zero attached hydrogens (tertiary/aromatic N) is 1. The molecule has 0 saturated heterocycles. The minimum Gasteiger partial charge on any atom is -0.467 e. The summed E-state index contributed by atoms with van der Waals surface area (Å²) in [6.07, 6.45) is 1.55. The van der Waals surface area contributed by atoms with Crippen molar-refractivity contribution in [3.05, 3.63) is 24.2 Å². The van der Waals surface area contributed by atoms with Crippen molar-refractivity contribution in [1.29, 1.82) is 0 Å². The lowest BCUT2D eigenvalue weighted by Crippen LogP contribution is -2.45. The maximum atomic E-state index is 11.7. The Morgan fingerprint density at radius 3 is 2.72 bits per heavy atom. The van der Waals surface area contributed by atoms with E-state index in [1.165, 1.54) is 4.90 Å². The molecule has 0 bridgehead atoms. The van der Waals surface area contributed by atoms with Gasteiger partial charge in [-0.2, -0.15) is 0 Å². The third-order valence-electron chi connectivity index (χ3n) is 2.47. The first-order valence-corrected chi connectivity index (χ1v) is 5.74. The summed E-state index contributed by atoms with van der Waals surface area (Å²) in [7, 11) is 3.34. The molecule has 0 saturated carbocycles. The van der Waals surface area contributed by atoms with Crippen molar-refractivity contribution in [3.63, 3.8) is 0 Å². The van der Waals surface area contributed by atoms with Gasteiger partial charge in [0.2, 0.25) is 11.8 Å². The lowest BCUT2D eigenvalue weighted by atomic mass is 10.3. The van der Waals surface area contributed by atoms with Gasteiger partial charge in [0.1, 0.15) is 5.76 Å². The molecule has 0 aliphatic heterocycles. The second-order valence-electron chi connectivity index (χ2n) is 4.19. The van der Waals surface area contributed by atoms with Crippen LogP contribution in [-0.4, -0.2) is 43.4 Å². The van der Waals surface area contributed by atoms with Crippen LogP contribution < -0.4 is 10.6 Å². The lowest BCUT2D eigenvalue weighted by Gasteiger charge is -2.15. The Kier molecular flexibility index (Phi) is 5.38. The number of furan rings is 1. The van der Waals surface area contributed by atoms with Gasteiger partial charge in [-0.3, -0.25) is 14.9 Å². The molecule has 1 aromatic rings. The molecule has 2 amide bonds. The molecule has 1 heterocycles. The lowest BCUT2D eigenvalue weighted by molar-refractivity contribution is -0.128. The van der Waals surface area contributed by atoms with Crippen LogP contribution in [0, 0.1) is 0 Å². The van der Waals surface area contributed by atoms with Gasteiger partial charge in [-0.15, -0.1) is 0 Å². The molecule has 18 heavy (non-hydrogen) atoms. The van der Waals surface area contributed by atoms with Crippen LogP contribution in [0.25, 0.3) is 0 Å². The molecule has 1 unspecified atom stereocenters. The van der Waals surface area contributed by atoms with Crippen molar-refractivity contribution in [1.82, 2.24) is 15.5 Å². The summed E-state index contributed by atoms with van der Waals surface area (Å²) in [5.41, 5.74) is 0. The molecule has 2 N–H and O–H groups in total. The molecular weight excluding hydrogens is 234 g/mol. The number of rotatable bonds is 6. The number of hydrogen-bond acceptors (Lipinski definition) is 4. The molecule has 1 aromatic heterocycles. The minimum absolute atomic E-state index is 0.0688. The topological polar surface area (TPSA) is 74.6 Å². The van der Waals surface area contributed by atoms with Gasteiger partial charge in [-0.1, -0.05) is 0 Å². The second kappa shape index (κ2) is 6.80. The number of carbonyl (C=O) groups excluding carboxylic acids is 2. The zero-order valence-corrected chi connectivity index (χ0v) is 10.9. The highest BCUT2D eigenvalue weighted by atomic mass is 16.3. The molecule has 0 aliphatic rings. The average Bonchev–Trinajstić information content (AvgIpc) is 2.85. The normalized spacial score (nSPS) is 11.9. The van der Waals surface area contributed by atoms with Gasteiger partial charge in [0.15, 0.2) is 0 Å². The van der Waals surface area contributed by atoms with Crippen LogP contribution in [0.2, 0.25) is 0 Å². The molecule has 1 rings (SSSR count). The Morgan fingerprint density at radius 2 is 2.17 bits per heavy atom. The zero-order chi connectivity index (χ0) is 13.5. The smallest absolute Gasteiger partial charge is 0.237 e. The Morgan fingerprint density at radius 1 is 1.44 bits per heavy atom. The summed E-state index contributed by atoms with van der Waals surface area (Å²) in [6.45, 7) is 2.20. The van der Waals surface area contributed by atoms with Crippen LogP contribution in [-0.2, 0) is 16.1 Å². The van der Waals surface area contributed by atoms with Crippen LogP contribution >= 0.6 is 0 Å². The molecule has 0 radical (unpaired) electrons.